The van der Waals surface area contributed by atoms with E-state index in [1.54, 1.807) is 0 Å². The van der Waals surface area contributed by atoms with Crippen molar-refractivity contribution in [2.24, 2.45) is 0 Å². The smallest absolute Gasteiger partial charge is 0.220 e. The molecule has 1 amide bonds. The number of hydrogen-bond acceptors (Lipinski definition) is 18. The molecule has 0 aliphatic carbocycles. The summed E-state index contributed by atoms with van der Waals surface area (Å²) in [5.41, 5.74) is 0. The van der Waals surface area contributed by atoms with E-state index in [0.29, 0.717) is 12.8 Å². The summed E-state index contributed by atoms with van der Waals surface area (Å²) in [5, 5.41) is 121. The summed E-state index contributed by atoms with van der Waals surface area (Å²) in [6, 6.07) is -0.888. The lowest BCUT2D eigenvalue weighted by Crippen LogP contribution is -2.66. The average molecular weight is 1220 g/mol. The molecule has 0 saturated carbocycles. The van der Waals surface area contributed by atoms with Crippen molar-refractivity contribution in [1.29, 1.82) is 0 Å². The molecule has 0 spiro atoms. The third-order valence-electron chi connectivity index (χ3n) is 17.3. The van der Waals surface area contributed by atoms with E-state index in [1.807, 2.05) is 0 Å². The number of hydrogen-bond donors (Lipinski definition) is 12. The van der Waals surface area contributed by atoms with Gasteiger partial charge in [-0.25, -0.2) is 0 Å². The Morgan fingerprint density at radius 2 is 0.776 bits per heavy atom. The van der Waals surface area contributed by atoms with Crippen molar-refractivity contribution in [1.82, 2.24) is 5.32 Å². The highest BCUT2D eigenvalue weighted by atomic mass is 16.8. The molecule has 19 heteroatoms. The molecule has 3 heterocycles. The first kappa shape index (κ1) is 77.5. The quantitative estimate of drug-likeness (QED) is 0.0201. The standard InChI is InChI=1S/C66H123NO18/c1-3-5-7-9-11-13-15-17-19-21-23-24-26-28-30-32-34-36-38-40-42-44-54(72)67-49(50(71)43-41-39-37-35-33-31-29-27-25-22-20-18-16-14-12-10-8-6-4-2)48-80-64-60(78)57(75)62(52(46-69)82-64)85-66-61(79)58(76)63(53(47-70)83-66)84-65-59(77)56(74)55(73)51(45-68)81-65/h15,17,21,23,49-53,55-66,68-71,73-79H,3-14,16,18-20,22,24-48H2,1-2H3,(H,67,72)/b17-15-,23-21-. The number of aliphatic hydroxyl groups excluding tert-OH is 11. The highest BCUT2D eigenvalue weighted by Gasteiger charge is 2.53. The predicted octanol–water partition coefficient (Wildman–Crippen LogP) is 8.27. The second kappa shape index (κ2) is 49.0. The van der Waals surface area contributed by atoms with E-state index in [1.165, 1.54) is 167 Å². The fourth-order valence-electron chi connectivity index (χ4n) is 11.7. The number of allylic oxidation sites excluding steroid dienone is 4. The van der Waals surface area contributed by atoms with Crippen LogP contribution in [-0.2, 0) is 33.2 Å². The van der Waals surface area contributed by atoms with E-state index in [4.69, 9.17) is 28.4 Å². The maximum Gasteiger partial charge on any atom is 0.220 e. The molecule has 0 bridgehead atoms. The van der Waals surface area contributed by atoms with Crippen LogP contribution < -0.4 is 5.32 Å². The molecule has 19 nitrogen and oxygen atoms in total. The number of aliphatic hydroxyl groups is 11. The average Bonchev–Trinajstić information content (AvgIpc) is 3.10. The van der Waals surface area contributed by atoms with E-state index in [9.17, 15) is 61.0 Å². The summed E-state index contributed by atoms with van der Waals surface area (Å²) in [4.78, 5) is 13.4. The van der Waals surface area contributed by atoms with E-state index in [-0.39, 0.29) is 18.9 Å². The van der Waals surface area contributed by atoms with Gasteiger partial charge in [0.05, 0.1) is 38.6 Å². The molecular weight excluding hydrogens is 1090 g/mol. The topological polar surface area (TPSA) is 307 Å². The van der Waals surface area contributed by atoms with Crippen LogP contribution in [0.1, 0.15) is 258 Å². The maximum atomic E-state index is 13.4. The van der Waals surface area contributed by atoms with Crippen LogP contribution >= 0.6 is 0 Å². The minimum atomic E-state index is -1.97. The molecule has 3 saturated heterocycles. The van der Waals surface area contributed by atoms with E-state index in [0.717, 1.165) is 57.8 Å². The van der Waals surface area contributed by atoms with Crippen molar-refractivity contribution >= 4 is 5.91 Å². The van der Waals surface area contributed by atoms with Gasteiger partial charge in [0, 0.05) is 6.42 Å². The van der Waals surface area contributed by atoms with Crippen molar-refractivity contribution in [2.45, 2.75) is 362 Å². The lowest BCUT2D eigenvalue weighted by Gasteiger charge is -2.48. The number of amides is 1. The molecule has 0 aromatic carbocycles. The Morgan fingerprint density at radius 3 is 1.20 bits per heavy atom. The van der Waals surface area contributed by atoms with Gasteiger partial charge in [0.25, 0.3) is 0 Å². The molecule has 0 aromatic heterocycles. The van der Waals surface area contributed by atoms with Gasteiger partial charge in [-0.15, -0.1) is 0 Å². The van der Waals surface area contributed by atoms with Crippen molar-refractivity contribution < 1.29 is 89.4 Å². The molecule has 17 atom stereocenters. The first-order chi connectivity index (χ1) is 41.3. The van der Waals surface area contributed by atoms with Gasteiger partial charge in [-0.3, -0.25) is 4.79 Å². The van der Waals surface area contributed by atoms with E-state index in [2.05, 4.69) is 43.5 Å². The summed E-state index contributed by atoms with van der Waals surface area (Å²) in [5.74, 6) is -0.245. The summed E-state index contributed by atoms with van der Waals surface area (Å²) in [6.07, 6.45) is 26.7. The molecule has 85 heavy (non-hydrogen) atoms. The summed E-state index contributed by atoms with van der Waals surface area (Å²) < 4.78 is 34.4. The van der Waals surface area contributed by atoms with Crippen LogP contribution in [0.2, 0.25) is 0 Å². The monoisotopic (exact) mass is 1220 g/mol. The third kappa shape index (κ3) is 31.7. The summed E-state index contributed by atoms with van der Waals surface area (Å²) >= 11 is 0. The van der Waals surface area contributed by atoms with Gasteiger partial charge in [-0.05, 0) is 44.9 Å². The van der Waals surface area contributed by atoms with Crippen molar-refractivity contribution in [2.75, 3.05) is 26.4 Å². The predicted molar refractivity (Wildman–Crippen MR) is 328 cm³/mol. The van der Waals surface area contributed by atoms with E-state index >= 15 is 0 Å². The lowest BCUT2D eigenvalue weighted by atomic mass is 9.96. The third-order valence-corrected chi connectivity index (χ3v) is 17.3. The Bertz CT molecular complexity index is 1640. The van der Waals surface area contributed by atoms with Gasteiger partial charge in [-0.2, -0.15) is 0 Å². The number of nitrogens with one attached hydrogen (secondary N) is 1. The first-order valence-corrected chi connectivity index (χ1v) is 34.1. The Morgan fingerprint density at radius 1 is 0.424 bits per heavy atom. The van der Waals surface area contributed by atoms with Crippen LogP contribution in [0.25, 0.3) is 0 Å². The zero-order valence-electron chi connectivity index (χ0n) is 52.6. The van der Waals surface area contributed by atoms with Gasteiger partial charge >= 0.3 is 0 Å². The minimum Gasteiger partial charge on any atom is -0.394 e. The maximum absolute atomic E-state index is 13.4. The molecule has 3 fully saturated rings. The van der Waals surface area contributed by atoms with Gasteiger partial charge < -0.3 is 89.9 Å². The van der Waals surface area contributed by atoms with Crippen LogP contribution in [0.4, 0.5) is 0 Å². The molecular formula is C66H123NO18. The summed E-state index contributed by atoms with van der Waals surface area (Å²) in [6.45, 7) is 1.81. The molecule has 0 radical (unpaired) electrons. The Hall–Kier alpha value is -1.73. The van der Waals surface area contributed by atoms with Crippen molar-refractivity contribution in [3.8, 4) is 0 Å². The molecule has 500 valence electrons. The van der Waals surface area contributed by atoms with Crippen LogP contribution in [0, 0.1) is 0 Å². The number of unbranched alkanes of at least 4 members (excludes halogenated alkanes) is 32. The first-order valence-electron chi connectivity index (χ1n) is 34.1. The zero-order valence-corrected chi connectivity index (χ0v) is 52.6. The van der Waals surface area contributed by atoms with Gasteiger partial charge in [0.15, 0.2) is 18.9 Å². The highest BCUT2D eigenvalue weighted by molar-refractivity contribution is 5.76. The van der Waals surface area contributed by atoms with Gasteiger partial charge in [-0.1, -0.05) is 231 Å². The molecule has 3 aliphatic heterocycles. The van der Waals surface area contributed by atoms with Crippen molar-refractivity contribution in [3.63, 3.8) is 0 Å². The second-order valence-electron chi connectivity index (χ2n) is 24.6. The Kier molecular flexibility index (Phi) is 44.7. The molecule has 3 rings (SSSR count). The molecule has 0 aromatic rings. The SMILES string of the molecule is CCCCCCC/C=C\C/C=C\CCCCCCCCCCCC(=O)NC(COC1OC(CO)C(OC2OC(CO)C(OC3OC(CO)C(O)C(O)C3O)C(O)C2O)C(O)C1O)C(O)CCCCCCCCCCCCCCCCCCCCC. The fraction of sp³-hybridized carbons (Fsp3) is 0.924. The number of carbonyl (C=O) groups excluding carboxylic acids is 1. The molecule has 12 N–H and O–H groups in total. The van der Waals surface area contributed by atoms with Crippen molar-refractivity contribution in [3.05, 3.63) is 24.3 Å². The Balaban J connectivity index is 1.45. The van der Waals surface area contributed by atoms with Crippen LogP contribution in [0.5, 0.6) is 0 Å². The van der Waals surface area contributed by atoms with Crippen LogP contribution in [-0.4, -0.2) is 193 Å². The minimum absolute atomic E-state index is 0.245. The largest absolute Gasteiger partial charge is 0.394 e. The fourth-order valence-corrected chi connectivity index (χ4v) is 11.7. The second-order valence-corrected chi connectivity index (χ2v) is 24.6. The van der Waals surface area contributed by atoms with Crippen LogP contribution in [0.3, 0.4) is 0 Å². The summed E-state index contributed by atoms with van der Waals surface area (Å²) in [7, 11) is 0. The van der Waals surface area contributed by atoms with Gasteiger partial charge in [0.1, 0.15) is 73.2 Å². The van der Waals surface area contributed by atoms with Crippen LogP contribution in [0.15, 0.2) is 24.3 Å². The molecule has 3 aliphatic rings. The van der Waals surface area contributed by atoms with E-state index < -0.39 is 124 Å². The number of rotatable bonds is 52. The lowest BCUT2D eigenvalue weighted by molar-refractivity contribution is -0.379. The van der Waals surface area contributed by atoms with Gasteiger partial charge in [0.2, 0.25) is 5.91 Å². The zero-order chi connectivity index (χ0) is 61.9. The molecule has 17 unspecified atom stereocenters. The Labute approximate surface area is 511 Å². The number of carbonyl (C=O) groups is 1. The normalized spacial score (nSPS) is 29.1. The number of ether oxygens (including phenoxy) is 6. The highest BCUT2D eigenvalue weighted by Crippen LogP contribution is 2.33.